The predicted molar refractivity (Wildman–Crippen MR) is 59.9 cm³/mol. The summed E-state index contributed by atoms with van der Waals surface area (Å²) in [5.41, 5.74) is 0. The van der Waals surface area contributed by atoms with Crippen LogP contribution < -0.4 is 0 Å². The minimum absolute atomic E-state index is 1.40. The second-order valence-electron chi connectivity index (χ2n) is 4.55. The molecule has 68 valence electrons. The van der Waals surface area contributed by atoms with Crippen molar-refractivity contribution >= 4 is 14.6 Å². The molecule has 0 aromatic heterocycles. The Kier molecular flexibility index (Phi) is 2.61. The van der Waals surface area contributed by atoms with Crippen LogP contribution in [0.25, 0.3) is 0 Å². The molecule has 0 rings (SSSR count). The Hall–Kier alpha value is -0.240. The third-order valence-corrected chi connectivity index (χ3v) is 4.13. The Morgan fingerprint density at radius 1 is 1.27 bits per heavy atom. The van der Waals surface area contributed by atoms with Crippen molar-refractivity contribution in [2.45, 2.75) is 6.92 Å². The van der Waals surface area contributed by atoms with E-state index in [1.54, 1.807) is 0 Å². The van der Waals surface area contributed by atoms with Gasteiger partial charge in [-0.3, -0.25) is 0 Å². The molecule has 1 nitrogen and oxygen atoms in total. The van der Waals surface area contributed by atoms with Gasteiger partial charge in [0.1, 0.15) is 0 Å². The SMILES string of the molecule is C=S(C)(C)(C)/C(C)=C/N(C)C. The number of allylic oxidation sites excluding steroid dienone is 1. The van der Waals surface area contributed by atoms with Crippen LogP contribution in [0.1, 0.15) is 6.92 Å². The predicted octanol–water partition coefficient (Wildman–Crippen LogP) is 2.07. The largest absolute Gasteiger partial charge is 0.383 e. The summed E-state index contributed by atoms with van der Waals surface area (Å²) in [6.07, 6.45) is 8.89. The summed E-state index contributed by atoms with van der Waals surface area (Å²) >= 11 is 0. The molecular formula is C9H21NS. The average Bonchev–Trinajstić information content (AvgIpc) is 1.57. The zero-order valence-electron chi connectivity index (χ0n) is 8.64. The zero-order chi connectivity index (χ0) is 9.31. The van der Waals surface area contributed by atoms with E-state index in [1.165, 1.54) is 4.91 Å². The minimum Gasteiger partial charge on any atom is -0.383 e. The summed E-state index contributed by atoms with van der Waals surface area (Å²) in [5, 5.41) is 0. The van der Waals surface area contributed by atoms with Crippen LogP contribution in [0, 0.1) is 0 Å². The van der Waals surface area contributed by atoms with E-state index in [1.807, 2.05) is 14.1 Å². The lowest BCUT2D eigenvalue weighted by Gasteiger charge is -2.37. The monoisotopic (exact) mass is 175 g/mol. The number of rotatable bonds is 2. The molecule has 0 heterocycles. The van der Waals surface area contributed by atoms with E-state index in [0.717, 1.165) is 0 Å². The Morgan fingerprint density at radius 2 is 1.64 bits per heavy atom. The van der Waals surface area contributed by atoms with Crippen LogP contribution in [-0.2, 0) is 0 Å². The molecule has 2 heteroatoms. The lowest BCUT2D eigenvalue weighted by atomic mass is 10.6. The highest BCUT2D eigenvalue weighted by Gasteiger charge is 2.13. The van der Waals surface area contributed by atoms with Crippen LogP contribution in [0.5, 0.6) is 0 Å². The van der Waals surface area contributed by atoms with Gasteiger partial charge in [0.2, 0.25) is 0 Å². The fourth-order valence-corrected chi connectivity index (χ4v) is 1.16. The van der Waals surface area contributed by atoms with E-state index < -0.39 is 8.75 Å². The molecule has 0 bridgehead atoms. The van der Waals surface area contributed by atoms with Gasteiger partial charge in [-0.15, -0.1) is 0 Å². The van der Waals surface area contributed by atoms with Crippen LogP contribution in [0.15, 0.2) is 11.1 Å². The molecule has 0 saturated carbocycles. The van der Waals surface area contributed by atoms with Gasteiger partial charge in [-0.25, -0.2) is 8.75 Å². The maximum atomic E-state index is 4.27. The van der Waals surface area contributed by atoms with Crippen LogP contribution in [0.3, 0.4) is 0 Å². The Morgan fingerprint density at radius 3 is 1.73 bits per heavy atom. The molecule has 0 unspecified atom stereocenters. The molecule has 0 spiro atoms. The van der Waals surface area contributed by atoms with Crippen molar-refractivity contribution in [1.29, 1.82) is 0 Å². The van der Waals surface area contributed by atoms with Crippen molar-refractivity contribution in [3.8, 4) is 0 Å². The van der Waals surface area contributed by atoms with E-state index in [-0.39, 0.29) is 0 Å². The maximum Gasteiger partial charge on any atom is 0.00597 e. The van der Waals surface area contributed by atoms with Crippen molar-refractivity contribution in [3.05, 3.63) is 11.1 Å². The summed E-state index contributed by atoms with van der Waals surface area (Å²) in [4.78, 5) is 3.47. The first-order valence-corrected chi connectivity index (χ1v) is 7.09. The van der Waals surface area contributed by atoms with Gasteiger partial charge in [0.15, 0.2) is 0 Å². The molecule has 0 aromatic rings. The van der Waals surface area contributed by atoms with Crippen molar-refractivity contribution in [2.24, 2.45) is 0 Å². The highest BCUT2D eigenvalue weighted by Crippen LogP contribution is 2.53. The summed E-state index contributed by atoms with van der Waals surface area (Å²) in [6.45, 7) is 2.16. The summed E-state index contributed by atoms with van der Waals surface area (Å²) in [7, 11) is 2.61. The van der Waals surface area contributed by atoms with E-state index in [9.17, 15) is 0 Å². The van der Waals surface area contributed by atoms with E-state index >= 15 is 0 Å². The molecule has 0 aromatic carbocycles. The highest BCUT2D eigenvalue weighted by atomic mass is 32.3. The standard InChI is InChI=1S/C9H21NS/c1-9(8-10(2)3)11(4,5,6)7/h8H,4H2,1-3,5-7H3/b9-8+. The fourth-order valence-electron chi connectivity index (χ4n) is 0.559. The van der Waals surface area contributed by atoms with Crippen LogP contribution in [0.4, 0.5) is 0 Å². The van der Waals surface area contributed by atoms with Crippen LogP contribution in [0.2, 0.25) is 0 Å². The quantitative estimate of drug-likeness (QED) is 0.581. The second-order valence-corrected chi connectivity index (χ2v) is 10.9. The summed E-state index contributed by atoms with van der Waals surface area (Å²) in [6, 6.07) is 0. The molecule has 0 atom stereocenters. The molecule has 0 N–H and O–H groups in total. The molecule has 11 heavy (non-hydrogen) atoms. The Labute approximate surface area is 71.0 Å². The molecule has 0 aliphatic heterocycles. The van der Waals surface area contributed by atoms with Crippen LogP contribution >= 0.6 is 8.75 Å². The number of hydrogen-bond donors (Lipinski definition) is 0. The van der Waals surface area contributed by atoms with Crippen molar-refractivity contribution < 1.29 is 0 Å². The fraction of sp³-hybridized carbons (Fsp3) is 0.667. The van der Waals surface area contributed by atoms with E-state index in [2.05, 4.69) is 42.7 Å². The second kappa shape index (κ2) is 2.67. The molecule has 0 radical (unpaired) electrons. The topological polar surface area (TPSA) is 3.24 Å². The van der Waals surface area contributed by atoms with E-state index in [0.29, 0.717) is 0 Å². The lowest BCUT2D eigenvalue weighted by molar-refractivity contribution is 0.561. The van der Waals surface area contributed by atoms with E-state index in [4.69, 9.17) is 0 Å². The van der Waals surface area contributed by atoms with Crippen molar-refractivity contribution in [1.82, 2.24) is 4.90 Å². The molecule has 0 aliphatic rings. The van der Waals surface area contributed by atoms with Gasteiger partial charge in [0, 0.05) is 20.3 Å². The number of nitrogens with zero attached hydrogens (tertiary/aromatic N) is 1. The number of hydrogen-bond acceptors (Lipinski definition) is 1. The molecule has 0 aliphatic carbocycles. The maximum absolute atomic E-state index is 4.27. The molecule has 0 saturated heterocycles. The smallest absolute Gasteiger partial charge is 0.00597 e. The average molecular weight is 175 g/mol. The van der Waals surface area contributed by atoms with Gasteiger partial charge in [-0.1, -0.05) is 5.87 Å². The first-order chi connectivity index (χ1) is 4.60. The first-order valence-electron chi connectivity index (χ1n) is 3.66. The first kappa shape index (κ1) is 10.8. The summed E-state index contributed by atoms with van der Waals surface area (Å²) in [5.74, 6) is 4.27. The van der Waals surface area contributed by atoms with Gasteiger partial charge < -0.3 is 4.90 Å². The lowest BCUT2D eigenvalue weighted by Crippen LogP contribution is -2.08. The normalized spacial score (nSPS) is 17.3. The van der Waals surface area contributed by atoms with Gasteiger partial charge >= 0.3 is 0 Å². The van der Waals surface area contributed by atoms with Gasteiger partial charge in [0.05, 0.1) is 0 Å². The Balaban J connectivity index is 4.79. The minimum atomic E-state index is -1.48. The van der Waals surface area contributed by atoms with Gasteiger partial charge in [0.25, 0.3) is 0 Å². The molecule has 0 amide bonds. The van der Waals surface area contributed by atoms with Gasteiger partial charge in [-0.05, 0) is 30.6 Å². The van der Waals surface area contributed by atoms with Gasteiger partial charge in [-0.2, -0.15) is 0 Å². The third kappa shape index (κ3) is 4.25. The summed E-state index contributed by atoms with van der Waals surface area (Å²) < 4.78 is 0. The van der Waals surface area contributed by atoms with Crippen LogP contribution in [-0.4, -0.2) is 43.6 Å². The zero-order valence-corrected chi connectivity index (χ0v) is 9.46. The highest BCUT2D eigenvalue weighted by molar-refractivity contribution is 8.47. The Bertz CT molecular complexity index is 219. The molecular weight excluding hydrogens is 154 g/mol. The van der Waals surface area contributed by atoms with Crippen molar-refractivity contribution in [3.63, 3.8) is 0 Å². The molecule has 0 fully saturated rings. The van der Waals surface area contributed by atoms with Crippen molar-refractivity contribution in [2.75, 3.05) is 32.9 Å². The third-order valence-electron chi connectivity index (χ3n) is 1.63.